The summed E-state index contributed by atoms with van der Waals surface area (Å²) in [5.41, 5.74) is -1.63. The number of ether oxygens (including phenoxy) is 1. The molecule has 0 amide bonds. The van der Waals surface area contributed by atoms with Crippen molar-refractivity contribution >= 4 is 0 Å². The number of alkyl halides is 3. The van der Waals surface area contributed by atoms with Gasteiger partial charge in [-0.1, -0.05) is 19.3 Å². The molecular formula is C17H24F3NO2. The first-order chi connectivity index (χ1) is 10.7. The summed E-state index contributed by atoms with van der Waals surface area (Å²) in [5.74, 6) is 0.351. The second-order valence-electron chi connectivity index (χ2n) is 6.56. The maximum absolute atomic E-state index is 12.6. The van der Waals surface area contributed by atoms with Crippen molar-refractivity contribution in [3.8, 4) is 5.75 Å². The molecular weight excluding hydrogens is 307 g/mol. The average molecular weight is 331 g/mol. The molecule has 6 heteroatoms. The number of halogens is 3. The first-order valence-corrected chi connectivity index (χ1v) is 7.92. The molecule has 0 saturated heterocycles. The number of hydrogen-bond donors (Lipinski definition) is 1. The molecule has 0 radical (unpaired) electrons. The Morgan fingerprint density at radius 1 is 1.13 bits per heavy atom. The highest BCUT2D eigenvalue weighted by Crippen LogP contribution is 2.34. The summed E-state index contributed by atoms with van der Waals surface area (Å²) in [5, 5.41) is 10.9. The molecule has 3 nitrogen and oxygen atoms in total. The minimum atomic E-state index is -4.36. The molecule has 1 saturated carbocycles. The molecule has 23 heavy (non-hydrogen) atoms. The third-order valence-corrected chi connectivity index (χ3v) is 4.31. The summed E-state index contributed by atoms with van der Waals surface area (Å²) in [7, 11) is 3.77. The van der Waals surface area contributed by atoms with Crippen LogP contribution in [0.3, 0.4) is 0 Å². The lowest BCUT2D eigenvalue weighted by atomic mass is 9.80. The molecule has 0 spiro atoms. The summed E-state index contributed by atoms with van der Waals surface area (Å²) in [6.07, 6.45) is -0.527. The van der Waals surface area contributed by atoms with E-state index in [2.05, 4.69) is 0 Å². The van der Waals surface area contributed by atoms with E-state index < -0.39 is 23.4 Å². The summed E-state index contributed by atoms with van der Waals surface area (Å²) < 4.78 is 43.7. The lowest BCUT2D eigenvalue weighted by molar-refractivity contribution is -0.137. The molecule has 0 aliphatic heterocycles. The molecule has 1 aliphatic carbocycles. The maximum atomic E-state index is 12.6. The molecule has 0 heterocycles. The Morgan fingerprint density at radius 3 is 2.17 bits per heavy atom. The van der Waals surface area contributed by atoms with Crippen molar-refractivity contribution in [2.24, 2.45) is 0 Å². The molecule has 1 N–H and O–H groups in total. The van der Waals surface area contributed by atoms with Gasteiger partial charge in [-0.05, 0) is 51.2 Å². The van der Waals surface area contributed by atoms with Crippen LogP contribution >= 0.6 is 0 Å². The van der Waals surface area contributed by atoms with Gasteiger partial charge in [0.2, 0.25) is 0 Å². The summed E-state index contributed by atoms with van der Waals surface area (Å²) in [6, 6.07) is 4.65. The quantitative estimate of drug-likeness (QED) is 0.893. The fraction of sp³-hybridized carbons (Fsp3) is 0.647. The molecule has 130 valence electrons. The van der Waals surface area contributed by atoms with Crippen molar-refractivity contribution in [1.82, 2.24) is 4.90 Å². The monoisotopic (exact) mass is 331 g/mol. The zero-order valence-corrected chi connectivity index (χ0v) is 13.6. The van der Waals surface area contributed by atoms with Gasteiger partial charge in [-0.3, -0.25) is 0 Å². The van der Waals surface area contributed by atoms with Crippen LogP contribution in [0.5, 0.6) is 5.75 Å². The van der Waals surface area contributed by atoms with Gasteiger partial charge in [-0.15, -0.1) is 0 Å². The van der Waals surface area contributed by atoms with E-state index in [1.54, 1.807) is 0 Å². The normalized spacial score (nSPS) is 19.6. The van der Waals surface area contributed by atoms with Gasteiger partial charge < -0.3 is 14.7 Å². The number of rotatable bonds is 5. The second kappa shape index (κ2) is 7.09. The van der Waals surface area contributed by atoms with Crippen LogP contribution in [-0.2, 0) is 6.18 Å². The second-order valence-corrected chi connectivity index (χ2v) is 6.56. The number of hydrogen-bond acceptors (Lipinski definition) is 3. The summed E-state index contributed by atoms with van der Waals surface area (Å²) in [4.78, 5) is 1.92. The van der Waals surface area contributed by atoms with Crippen molar-refractivity contribution in [2.45, 2.75) is 50.0 Å². The van der Waals surface area contributed by atoms with Crippen LogP contribution < -0.4 is 4.74 Å². The average Bonchev–Trinajstić information content (AvgIpc) is 2.46. The molecule has 1 aromatic carbocycles. The van der Waals surface area contributed by atoms with E-state index in [0.717, 1.165) is 31.4 Å². The Balaban J connectivity index is 2.14. The first kappa shape index (κ1) is 18.1. The zero-order valence-electron chi connectivity index (χ0n) is 13.6. The van der Waals surface area contributed by atoms with E-state index in [0.29, 0.717) is 25.1 Å². The smallest absolute Gasteiger partial charge is 0.416 e. The van der Waals surface area contributed by atoms with Gasteiger partial charge in [-0.25, -0.2) is 0 Å². The summed E-state index contributed by atoms with van der Waals surface area (Å²) in [6.45, 7) is 0.511. The van der Waals surface area contributed by atoms with Crippen LogP contribution in [0, 0.1) is 0 Å². The number of nitrogens with zero attached hydrogens (tertiary/aromatic N) is 1. The van der Waals surface area contributed by atoms with E-state index in [4.69, 9.17) is 4.74 Å². The molecule has 1 fully saturated rings. The predicted octanol–water partition coefficient (Wildman–Crippen LogP) is 3.71. The predicted molar refractivity (Wildman–Crippen MR) is 82.4 cm³/mol. The van der Waals surface area contributed by atoms with Crippen LogP contribution in [0.4, 0.5) is 13.2 Å². The Bertz CT molecular complexity index is 494. The Morgan fingerprint density at radius 2 is 1.70 bits per heavy atom. The van der Waals surface area contributed by atoms with Gasteiger partial charge in [0.25, 0.3) is 0 Å². The standard InChI is InChI=1S/C17H24F3NO2/c1-21(2)12-15(16(22)10-4-3-5-11-16)23-14-8-6-13(7-9-14)17(18,19)20/h6-9,15,22H,3-5,10-12H2,1-2H3. The van der Waals surface area contributed by atoms with Crippen molar-refractivity contribution in [3.63, 3.8) is 0 Å². The number of likely N-dealkylation sites (N-methyl/N-ethyl adjacent to an activating group) is 1. The SMILES string of the molecule is CN(C)CC(Oc1ccc(C(F)(F)F)cc1)C1(O)CCCCC1. The van der Waals surface area contributed by atoms with Gasteiger partial charge in [0.05, 0.1) is 5.56 Å². The largest absolute Gasteiger partial charge is 0.486 e. The van der Waals surface area contributed by atoms with Crippen molar-refractivity contribution in [1.29, 1.82) is 0 Å². The number of aliphatic hydroxyl groups is 1. The lowest BCUT2D eigenvalue weighted by Crippen LogP contribution is -2.51. The minimum absolute atomic E-state index is 0.351. The zero-order chi connectivity index (χ0) is 17.1. The lowest BCUT2D eigenvalue weighted by Gasteiger charge is -2.40. The van der Waals surface area contributed by atoms with Crippen LogP contribution in [-0.4, -0.2) is 42.4 Å². The highest BCUT2D eigenvalue weighted by Gasteiger charge is 2.40. The topological polar surface area (TPSA) is 32.7 Å². The van der Waals surface area contributed by atoms with Gasteiger partial charge in [0.1, 0.15) is 17.5 Å². The van der Waals surface area contributed by atoms with Crippen LogP contribution in [0.15, 0.2) is 24.3 Å². The Kier molecular flexibility index (Phi) is 5.57. The van der Waals surface area contributed by atoms with Gasteiger partial charge in [0, 0.05) is 6.54 Å². The van der Waals surface area contributed by atoms with Crippen molar-refractivity contribution in [3.05, 3.63) is 29.8 Å². The van der Waals surface area contributed by atoms with Crippen molar-refractivity contribution < 1.29 is 23.0 Å². The molecule has 0 bridgehead atoms. The third-order valence-electron chi connectivity index (χ3n) is 4.31. The molecule has 0 aromatic heterocycles. The first-order valence-electron chi connectivity index (χ1n) is 7.92. The Labute approximate surface area is 135 Å². The van der Waals surface area contributed by atoms with Crippen LogP contribution in [0.25, 0.3) is 0 Å². The van der Waals surface area contributed by atoms with Gasteiger partial charge in [0.15, 0.2) is 0 Å². The fourth-order valence-corrected chi connectivity index (χ4v) is 3.02. The highest BCUT2D eigenvalue weighted by atomic mass is 19.4. The van der Waals surface area contributed by atoms with Gasteiger partial charge >= 0.3 is 6.18 Å². The van der Waals surface area contributed by atoms with E-state index in [1.807, 2.05) is 19.0 Å². The highest BCUT2D eigenvalue weighted by molar-refractivity contribution is 5.29. The molecule has 1 atom stereocenters. The molecule has 1 unspecified atom stereocenters. The molecule has 1 aromatic rings. The van der Waals surface area contributed by atoms with Crippen LogP contribution in [0.2, 0.25) is 0 Å². The van der Waals surface area contributed by atoms with E-state index >= 15 is 0 Å². The minimum Gasteiger partial charge on any atom is -0.486 e. The van der Waals surface area contributed by atoms with Crippen LogP contribution in [0.1, 0.15) is 37.7 Å². The number of benzene rings is 1. The molecule has 2 rings (SSSR count). The molecule has 1 aliphatic rings. The Hall–Kier alpha value is -1.27. The third kappa shape index (κ3) is 4.85. The van der Waals surface area contributed by atoms with Crippen molar-refractivity contribution in [2.75, 3.05) is 20.6 Å². The van der Waals surface area contributed by atoms with E-state index in [1.165, 1.54) is 12.1 Å². The van der Waals surface area contributed by atoms with Gasteiger partial charge in [-0.2, -0.15) is 13.2 Å². The van der Waals surface area contributed by atoms with E-state index in [-0.39, 0.29) is 0 Å². The fourth-order valence-electron chi connectivity index (χ4n) is 3.02. The van der Waals surface area contributed by atoms with E-state index in [9.17, 15) is 18.3 Å². The maximum Gasteiger partial charge on any atom is 0.416 e. The summed E-state index contributed by atoms with van der Waals surface area (Å²) >= 11 is 0.